The molecule has 1 heterocycles. The Morgan fingerprint density at radius 3 is 2.45 bits per heavy atom. The molecule has 3 aromatic rings. The lowest BCUT2D eigenvalue weighted by molar-refractivity contribution is -0.274. The van der Waals surface area contributed by atoms with Crippen LogP contribution in [0, 0.1) is 0 Å². The summed E-state index contributed by atoms with van der Waals surface area (Å²) < 4.78 is 40.6. The molecule has 2 aliphatic rings. The van der Waals surface area contributed by atoms with Crippen LogP contribution in [0.25, 0.3) is 0 Å². The molecule has 0 unspecified atom stereocenters. The third-order valence-corrected chi connectivity index (χ3v) is 6.90. The van der Waals surface area contributed by atoms with Crippen LogP contribution in [0.5, 0.6) is 5.75 Å². The van der Waals surface area contributed by atoms with Gasteiger partial charge in [0.1, 0.15) is 17.9 Å². The molecule has 1 saturated heterocycles. The topological polar surface area (TPSA) is 105 Å². The van der Waals surface area contributed by atoms with Crippen LogP contribution in [0.3, 0.4) is 0 Å². The van der Waals surface area contributed by atoms with Gasteiger partial charge in [-0.3, -0.25) is 9.69 Å². The van der Waals surface area contributed by atoms with Crippen LogP contribution < -0.4 is 15.4 Å². The van der Waals surface area contributed by atoms with Gasteiger partial charge >= 0.3 is 6.36 Å². The summed E-state index contributed by atoms with van der Waals surface area (Å²) in [5.74, 6) is 0.670. The first-order valence-electron chi connectivity index (χ1n) is 12.2. The summed E-state index contributed by atoms with van der Waals surface area (Å²) in [5.41, 5.74) is 9.87. The molecule has 3 aromatic carbocycles. The molecule has 1 aliphatic heterocycles. The molecule has 40 heavy (non-hydrogen) atoms. The molecule has 2 fully saturated rings. The number of ether oxygens (including phenoxy) is 1. The van der Waals surface area contributed by atoms with E-state index in [0.717, 1.165) is 36.2 Å². The zero-order valence-electron chi connectivity index (χ0n) is 21.0. The number of para-hydroxylation sites is 1. The summed E-state index contributed by atoms with van der Waals surface area (Å²) in [6, 6.07) is 20.1. The largest absolute Gasteiger partial charge is 0.573 e. The van der Waals surface area contributed by atoms with Gasteiger partial charge in [0.15, 0.2) is 5.17 Å². The van der Waals surface area contributed by atoms with E-state index in [0.29, 0.717) is 28.1 Å². The van der Waals surface area contributed by atoms with Crippen molar-refractivity contribution in [3.8, 4) is 5.75 Å². The van der Waals surface area contributed by atoms with Crippen molar-refractivity contribution in [1.29, 1.82) is 0 Å². The van der Waals surface area contributed by atoms with Crippen LogP contribution in [0.2, 0.25) is 0 Å². The lowest BCUT2D eigenvalue weighted by Gasteiger charge is -2.19. The van der Waals surface area contributed by atoms with Crippen molar-refractivity contribution in [2.75, 3.05) is 10.7 Å². The van der Waals surface area contributed by atoms with E-state index in [1.54, 1.807) is 35.4 Å². The number of nitrogens with zero attached hydrogens (tertiary/aromatic N) is 5. The van der Waals surface area contributed by atoms with Gasteiger partial charge in [0.25, 0.3) is 0 Å². The lowest BCUT2D eigenvalue weighted by atomic mass is 10.1. The minimum absolute atomic E-state index is 0.0119. The van der Waals surface area contributed by atoms with E-state index < -0.39 is 6.36 Å². The fourth-order valence-corrected chi connectivity index (χ4v) is 4.77. The average Bonchev–Trinajstić information content (AvgIpc) is 3.72. The quantitative estimate of drug-likeness (QED) is 0.206. The predicted octanol–water partition coefficient (Wildman–Crippen LogP) is 6.00. The Hall–Kier alpha value is -4.45. The lowest BCUT2D eigenvalue weighted by Crippen LogP contribution is -2.30. The standard InChI is InChI=1S/C28H23F3N6O2S/c29-28(30,31)39-22-13-11-21(12-14-22)33-17-34-26(32)20-7-5-18(6-8-20)15-35-36-27-37(25(38)16-40-27)24-4-2-1-3-23(24)19-9-10-19/h1-8,11-15,17,19H,9-10,16H2,(H2,32,33,34)/b35-15+,36-27-. The Morgan fingerprint density at radius 2 is 1.75 bits per heavy atom. The van der Waals surface area contributed by atoms with Crippen LogP contribution >= 0.6 is 11.8 Å². The third-order valence-electron chi connectivity index (χ3n) is 5.99. The number of rotatable bonds is 8. The molecule has 5 rings (SSSR count). The van der Waals surface area contributed by atoms with E-state index in [-0.39, 0.29) is 17.5 Å². The van der Waals surface area contributed by atoms with Crippen LogP contribution in [0.4, 0.5) is 24.5 Å². The fourth-order valence-electron chi connectivity index (χ4n) is 3.95. The van der Waals surface area contributed by atoms with E-state index in [1.807, 2.05) is 18.2 Å². The van der Waals surface area contributed by atoms with Gasteiger partial charge in [-0.1, -0.05) is 54.2 Å². The second-order valence-electron chi connectivity index (χ2n) is 8.90. The van der Waals surface area contributed by atoms with Crippen molar-refractivity contribution < 1.29 is 22.7 Å². The number of halogens is 3. The normalized spacial score (nSPS) is 17.5. The van der Waals surface area contributed by atoms with Gasteiger partial charge in [-0.15, -0.1) is 18.3 Å². The van der Waals surface area contributed by atoms with Gasteiger partial charge in [0.2, 0.25) is 5.91 Å². The summed E-state index contributed by atoms with van der Waals surface area (Å²) in [7, 11) is 0. The van der Waals surface area contributed by atoms with Crippen molar-refractivity contribution in [2.24, 2.45) is 25.9 Å². The number of amidine groups is 2. The minimum Gasteiger partial charge on any atom is -0.406 e. The molecule has 0 radical (unpaired) electrons. The maximum atomic E-state index is 12.6. The number of amides is 1. The number of thioether (sulfide) groups is 1. The van der Waals surface area contributed by atoms with Crippen LogP contribution in [0.15, 0.2) is 93.0 Å². The van der Waals surface area contributed by atoms with E-state index in [9.17, 15) is 18.0 Å². The number of nitrogens with two attached hydrogens (primary N) is 1. The summed E-state index contributed by atoms with van der Waals surface area (Å²) in [5, 5.41) is 9.07. The molecule has 0 spiro atoms. The number of carbonyl (C=O) groups excluding carboxylic acids is 1. The number of aliphatic imine (C=N–C) groups is 2. The SMILES string of the molecule is NC(=NC=Nc1ccc(OC(F)(F)F)cc1)c1ccc(/C=N/N=C2\SCC(=O)N2c2ccccc2C2CC2)cc1. The Labute approximate surface area is 232 Å². The molecule has 8 nitrogen and oxygen atoms in total. The van der Waals surface area contributed by atoms with Crippen molar-refractivity contribution >= 4 is 52.6 Å². The first-order valence-corrected chi connectivity index (χ1v) is 13.2. The number of carbonyl (C=O) groups is 1. The second-order valence-corrected chi connectivity index (χ2v) is 9.84. The monoisotopic (exact) mass is 564 g/mol. The molecule has 2 N–H and O–H groups in total. The average molecular weight is 565 g/mol. The zero-order valence-corrected chi connectivity index (χ0v) is 21.8. The Kier molecular flexibility index (Phi) is 7.96. The summed E-state index contributed by atoms with van der Waals surface area (Å²) in [6.45, 7) is 0. The number of anilines is 1. The number of hydrogen-bond acceptors (Lipinski definition) is 6. The Balaban J connectivity index is 1.21. The van der Waals surface area contributed by atoms with E-state index >= 15 is 0 Å². The van der Waals surface area contributed by atoms with Crippen molar-refractivity contribution in [3.63, 3.8) is 0 Å². The highest BCUT2D eigenvalue weighted by Crippen LogP contribution is 2.45. The van der Waals surface area contributed by atoms with E-state index in [4.69, 9.17) is 5.73 Å². The summed E-state index contributed by atoms with van der Waals surface area (Å²) >= 11 is 1.36. The first kappa shape index (κ1) is 27.1. The van der Waals surface area contributed by atoms with Gasteiger partial charge < -0.3 is 10.5 Å². The van der Waals surface area contributed by atoms with Gasteiger partial charge in [-0.2, -0.15) is 5.10 Å². The highest BCUT2D eigenvalue weighted by molar-refractivity contribution is 8.15. The molecule has 204 valence electrons. The van der Waals surface area contributed by atoms with Crippen molar-refractivity contribution in [2.45, 2.75) is 25.1 Å². The number of hydrogen-bond donors (Lipinski definition) is 1. The first-order chi connectivity index (χ1) is 19.3. The van der Waals surface area contributed by atoms with Crippen LogP contribution in [-0.4, -0.2) is 41.6 Å². The maximum Gasteiger partial charge on any atom is 0.573 e. The molecule has 0 aromatic heterocycles. The minimum atomic E-state index is -4.75. The van der Waals surface area contributed by atoms with Gasteiger partial charge in [-0.05, 0) is 60.2 Å². The number of benzene rings is 3. The predicted molar refractivity (Wildman–Crippen MR) is 152 cm³/mol. The van der Waals surface area contributed by atoms with Crippen molar-refractivity contribution in [3.05, 3.63) is 89.5 Å². The molecule has 1 amide bonds. The van der Waals surface area contributed by atoms with Gasteiger partial charge in [0.05, 0.1) is 23.3 Å². The second kappa shape index (κ2) is 11.7. The molecular weight excluding hydrogens is 541 g/mol. The smallest absolute Gasteiger partial charge is 0.406 e. The third kappa shape index (κ3) is 6.94. The summed E-state index contributed by atoms with van der Waals surface area (Å²) in [6.07, 6.45) is 0.317. The zero-order chi connectivity index (χ0) is 28.1. The van der Waals surface area contributed by atoms with Crippen molar-refractivity contribution in [1.82, 2.24) is 0 Å². The highest BCUT2D eigenvalue weighted by atomic mass is 32.2. The molecule has 0 bridgehead atoms. The Bertz CT molecular complexity index is 1500. The van der Waals surface area contributed by atoms with Gasteiger partial charge in [-0.25, -0.2) is 9.98 Å². The van der Waals surface area contributed by atoms with E-state index in [1.165, 1.54) is 35.8 Å². The molecule has 12 heteroatoms. The highest BCUT2D eigenvalue weighted by Gasteiger charge is 2.35. The van der Waals surface area contributed by atoms with E-state index in [2.05, 4.69) is 31.0 Å². The summed E-state index contributed by atoms with van der Waals surface area (Å²) in [4.78, 5) is 22.4. The molecule has 1 aliphatic carbocycles. The molecule has 1 saturated carbocycles. The van der Waals surface area contributed by atoms with Gasteiger partial charge in [0, 0.05) is 5.56 Å². The van der Waals surface area contributed by atoms with Crippen LogP contribution in [0.1, 0.15) is 35.4 Å². The molecule has 0 atom stereocenters. The van der Waals surface area contributed by atoms with Crippen LogP contribution in [-0.2, 0) is 4.79 Å². The fraction of sp³-hybridized carbons (Fsp3) is 0.179. The maximum absolute atomic E-state index is 12.6. The molecular formula is C28H23F3N6O2S. The Morgan fingerprint density at radius 1 is 1.02 bits per heavy atom. The number of alkyl halides is 3.